The Labute approximate surface area is 108 Å². The van der Waals surface area contributed by atoms with Crippen molar-refractivity contribution in [2.45, 2.75) is 33.6 Å². The first-order chi connectivity index (χ1) is 8.51. The third kappa shape index (κ3) is 2.66. The monoisotopic (exact) mass is 248 g/mol. The molecule has 1 fully saturated rings. The van der Waals surface area contributed by atoms with Gasteiger partial charge >= 0.3 is 5.97 Å². The molecule has 1 aliphatic rings. The van der Waals surface area contributed by atoms with Gasteiger partial charge in [0, 0.05) is 0 Å². The van der Waals surface area contributed by atoms with Crippen molar-refractivity contribution in [2.24, 2.45) is 5.41 Å². The van der Waals surface area contributed by atoms with Crippen LogP contribution in [0.1, 0.15) is 30.9 Å². The van der Waals surface area contributed by atoms with Crippen LogP contribution in [0.2, 0.25) is 0 Å². The summed E-state index contributed by atoms with van der Waals surface area (Å²) in [7, 11) is 0. The molecule has 1 saturated heterocycles. The van der Waals surface area contributed by atoms with Crippen molar-refractivity contribution >= 4 is 5.97 Å². The molecule has 18 heavy (non-hydrogen) atoms. The summed E-state index contributed by atoms with van der Waals surface area (Å²) in [6.07, 6.45) is 1.70. The van der Waals surface area contributed by atoms with E-state index < -0.39 is 0 Å². The molecule has 0 spiro atoms. The minimum atomic E-state index is -0.273. The molecule has 0 N–H and O–H groups in total. The summed E-state index contributed by atoms with van der Waals surface area (Å²) in [6, 6.07) is 6.19. The van der Waals surface area contributed by atoms with Crippen LogP contribution in [0, 0.1) is 19.3 Å². The second-order valence-corrected chi connectivity index (χ2v) is 5.36. The van der Waals surface area contributed by atoms with Crippen molar-refractivity contribution in [3.8, 4) is 5.75 Å². The lowest BCUT2D eigenvalue weighted by molar-refractivity contribution is -0.184. The first-order valence-corrected chi connectivity index (χ1v) is 6.38. The molecular formula is C15H20O3. The van der Waals surface area contributed by atoms with Gasteiger partial charge in [0.15, 0.2) is 0 Å². The van der Waals surface area contributed by atoms with Crippen molar-refractivity contribution < 1.29 is 14.3 Å². The van der Waals surface area contributed by atoms with Gasteiger partial charge < -0.3 is 9.47 Å². The van der Waals surface area contributed by atoms with Gasteiger partial charge in [0.2, 0.25) is 0 Å². The van der Waals surface area contributed by atoms with Gasteiger partial charge in [0.25, 0.3) is 0 Å². The van der Waals surface area contributed by atoms with Crippen molar-refractivity contribution in [3.05, 3.63) is 29.3 Å². The predicted molar refractivity (Wildman–Crippen MR) is 69.7 cm³/mol. The van der Waals surface area contributed by atoms with Gasteiger partial charge in [-0.1, -0.05) is 12.1 Å². The Hall–Kier alpha value is -1.51. The van der Waals surface area contributed by atoms with Gasteiger partial charge in [-0.25, -0.2) is 0 Å². The van der Waals surface area contributed by atoms with Gasteiger partial charge in [0.05, 0.1) is 12.0 Å². The molecule has 1 atom stereocenters. The molecule has 1 aromatic rings. The van der Waals surface area contributed by atoms with Gasteiger partial charge in [-0.15, -0.1) is 0 Å². The van der Waals surface area contributed by atoms with Gasteiger partial charge in [-0.05, 0) is 50.8 Å². The Morgan fingerprint density at radius 2 is 2.17 bits per heavy atom. The molecule has 0 amide bonds. The molecule has 2 rings (SSSR count). The molecule has 3 nitrogen and oxygen atoms in total. The maximum atomic E-state index is 11.3. The molecule has 0 aliphatic carbocycles. The van der Waals surface area contributed by atoms with E-state index in [4.69, 9.17) is 9.47 Å². The molecule has 98 valence electrons. The van der Waals surface area contributed by atoms with E-state index in [0.29, 0.717) is 13.2 Å². The highest BCUT2D eigenvalue weighted by atomic mass is 16.6. The first-order valence-electron chi connectivity index (χ1n) is 6.38. The summed E-state index contributed by atoms with van der Waals surface area (Å²) in [5, 5.41) is 0. The number of hydrogen-bond donors (Lipinski definition) is 0. The van der Waals surface area contributed by atoms with Crippen LogP contribution in [0.5, 0.6) is 5.75 Å². The zero-order valence-corrected chi connectivity index (χ0v) is 11.3. The van der Waals surface area contributed by atoms with E-state index in [1.807, 2.05) is 13.8 Å². The summed E-state index contributed by atoms with van der Waals surface area (Å²) >= 11 is 0. The zero-order chi connectivity index (χ0) is 13.2. The number of ether oxygens (including phenoxy) is 2. The molecule has 0 aromatic heterocycles. The fraction of sp³-hybridized carbons (Fsp3) is 0.533. The third-order valence-corrected chi connectivity index (χ3v) is 3.49. The first kappa shape index (κ1) is 12.9. The number of carbonyl (C=O) groups excluding carboxylic acids is 1. The smallest absolute Gasteiger partial charge is 0.315 e. The van der Waals surface area contributed by atoms with Gasteiger partial charge in [0.1, 0.15) is 12.4 Å². The van der Waals surface area contributed by atoms with Crippen LogP contribution >= 0.6 is 0 Å². The fourth-order valence-corrected chi connectivity index (χ4v) is 2.06. The van der Waals surface area contributed by atoms with Crippen LogP contribution in [0.25, 0.3) is 0 Å². The summed E-state index contributed by atoms with van der Waals surface area (Å²) < 4.78 is 10.6. The molecule has 3 heteroatoms. The van der Waals surface area contributed by atoms with Crippen molar-refractivity contribution in [1.29, 1.82) is 0 Å². The van der Waals surface area contributed by atoms with E-state index in [0.717, 1.165) is 24.2 Å². The van der Waals surface area contributed by atoms with E-state index in [1.165, 1.54) is 5.56 Å². The number of benzene rings is 1. The minimum absolute atomic E-state index is 0.0748. The van der Waals surface area contributed by atoms with Crippen molar-refractivity contribution in [1.82, 2.24) is 0 Å². The Balaban J connectivity index is 1.78. The Morgan fingerprint density at radius 1 is 1.39 bits per heavy atom. The lowest BCUT2D eigenvalue weighted by Crippen LogP contribution is -2.45. The van der Waals surface area contributed by atoms with E-state index in [1.54, 1.807) is 0 Å². The van der Waals surface area contributed by atoms with Crippen molar-refractivity contribution in [3.63, 3.8) is 0 Å². The normalized spacial score (nSPS) is 22.3. The molecule has 0 bridgehead atoms. The second-order valence-electron chi connectivity index (χ2n) is 5.36. The van der Waals surface area contributed by atoms with Crippen LogP contribution in [-0.2, 0) is 9.53 Å². The highest BCUT2D eigenvalue weighted by Crippen LogP contribution is 2.33. The molecule has 1 heterocycles. The summed E-state index contributed by atoms with van der Waals surface area (Å²) in [5.74, 6) is 0.866. The van der Waals surface area contributed by atoms with Gasteiger partial charge in [-0.2, -0.15) is 0 Å². The average molecular weight is 248 g/mol. The Kier molecular flexibility index (Phi) is 3.60. The number of carbonyl (C=O) groups is 1. The second kappa shape index (κ2) is 5.01. The van der Waals surface area contributed by atoms with E-state index in [-0.39, 0.29) is 11.4 Å². The SMILES string of the molecule is Cc1ccc(C)c(OCCCC2(C)COC2=O)c1. The average Bonchev–Trinajstić information content (AvgIpc) is 2.36. The summed E-state index contributed by atoms with van der Waals surface area (Å²) in [6.45, 7) is 7.25. The standard InChI is InChI=1S/C15H20O3/c1-11-5-6-12(2)13(9-11)17-8-4-7-15(3)10-18-14(15)16/h5-6,9H,4,7-8,10H2,1-3H3. The molecule has 1 unspecified atom stereocenters. The molecular weight excluding hydrogens is 228 g/mol. The highest BCUT2D eigenvalue weighted by molar-refractivity contribution is 5.81. The van der Waals surface area contributed by atoms with Crippen LogP contribution < -0.4 is 4.74 Å². The topological polar surface area (TPSA) is 35.5 Å². The van der Waals surface area contributed by atoms with Crippen molar-refractivity contribution in [2.75, 3.05) is 13.2 Å². The number of rotatable bonds is 5. The molecule has 0 saturated carbocycles. The Morgan fingerprint density at radius 3 is 2.78 bits per heavy atom. The quantitative estimate of drug-likeness (QED) is 0.593. The zero-order valence-electron chi connectivity index (χ0n) is 11.3. The van der Waals surface area contributed by atoms with Crippen LogP contribution in [0.4, 0.5) is 0 Å². The lowest BCUT2D eigenvalue weighted by atomic mass is 9.83. The van der Waals surface area contributed by atoms with Gasteiger partial charge in [-0.3, -0.25) is 4.79 Å². The highest BCUT2D eigenvalue weighted by Gasteiger charge is 2.43. The summed E-state index contributed by atoms with van der Waals surface area (Å²) in [4.78, 5) is 11.3. The van der Waals surface area contributed by atoms with E-state index in [2.05, 4.69) is 25.1 Å². The third-order valence-electron chi connectivity index (χ3n) is 3.49. The molecule has 0 radical (unpaired) electrons. The minimum Gasteiger partial charge on any atom is -0.493 e. The number of aryl methyl sites for hydroxylation is 2. The number of hydrogen-bond acceptors (Lipinski definition) is 3. The van der Waals surface area contributed by atoms with Crippen LogP contribution in [0.3, 0.4) is 0 Å². The molecule has 1 aliphatic heterocycles. The van der Waals surface area contributed by atoms with E-state index in [9.17, 15) is 4.79 Å². The van der Waals surface area contributed by atoms with Crippen LogP contribution in [-0.4, -0.2) is 19.2 Å². The predicted octanol–water partition coefficient (Wildman–Crippen LogP) is 3.03. The Bertz CT molecular complexity index is 453. The maximum Gasteiger partial charge on any atom is 0.315 e. The fourth-order valence-electron chi connectivity index (χ4n) is 2.06. The lowest BCUT2D eigenvalue weighted by Gasteiger charge is -2.35. The van der Waals surface area contributed by atoms with E-state index >= 15 is 0 Å². The molecule has 1 aromatic carbocycles. The number of esters is 1. The van der Waals surface area contributed by atoms with Crippen LogP contribution in [0.15, 0.2) is 18.2 Å². The maximum absolute atomic E-state index is 11.3. The largest absolute Gasteiger partial charge is 0.493 e. The number of cyclic esters (lactones) is 1. The summed E-state index contributed by atoms with van der Waals surface area (Å²) in [5.41, 5.74) is 2.07.